The molecule has 0 saturated carbocycles. The molecule has 0 saturated heterocycles. The fourth-order valence-electron chi connectivity index (χ4n) is 1.06. The summed E-state index contributed by atoms with van der Waals surface area (Å²) in [5.41, 5.74) is 6.27. The summed E-state index contributed by atoms with van der Waals surface area (Å²) in [4.78, 5) is 15.1. The zero-order valence-electron chi connectivity index (χ0n) is 9.15. The molecule has 0 aliphatic rings. The summed E-state index contributed by atoms with van der Waals surface area (Å²) in [6.07, 6.45) is 0. The molecule has 1 atom stereocenters. The van der Waals surface area contributed by atoms with E-state index in [-0.39, 0.29) is 0 Å². The van der Waals surface area contributed by atoms with Crippen molar-refractivity contribution in [3.8, 4) is 0 Å². The highest BCUT2D eigenvalue weighted by molar-refractivity contribution is 7.98. The molecule has 1 heterocycles. The fraction of sp³-hybridized carbons (Fsp3) is 0.400. The number of pyridine rings is 1. The highest BCUT2D eigenvalue weighted by Gasteiger charge is 2.14. The zero-order chi connectivity index (χ0) is 12.8. The van der Waals surface area contributed by atoms with E-state index in [2.05, 4.69) is 9.72 Å². The number of carbonyl (C=O) groups excluding carboxylic acids is 1. The van der Waals surface area contributed by atoms with Crippen molar-refractivity contribution in [3.05, 3.63) is 28.0 Å². The second kappa shape index (κ2) is 7.06. The molecule has 7 heteroatoms. The van der Waals surface area contributed by atoms with Crippen LogP contribution in [0.15, 0.2) is 12.1 Å². The van der Waals surface area contributed by atoms with Crippen LogP contribution in [0.2, 0.25) is 10.2 Å². The van der Waals surface area contributed by atoms with Gasteiger partial charge in [0.2, 0.25) is 0 Å². The third kappa shape index (κ3) is 4.71. The second-order valence-corrected chi connectivity index (χ2v) is 5.03. The van der Waals surface area contributed by atoms with Crippen LogP contribution in [-0.2, 0) is 15.3 Å². The van der Waals surface area contributed by atoms with Crippen LogP contribution < -0.4 is 5.73 Å². The van der Waals surface area contributed by atoms with E-state index in [0.717, 1.165) is 0 Å². The van der Waals surface area contributed by atoms with Gasteiger partial charge in [-0.2, -0.15) is 11.8 Å². The minimum atomic E-state index is -0.636. The van der Waals surface area contributed by atoms with Crippen LogP contribution in [0.1, 0.15) is 5.69 Å². The van der Waals surface area contributed by atoms with Crippen molar-refractivity contribution < 1.29 is 9.53 Å². The van der Waals surface area contributed by atoms with Crippen molar-refractivity contribution in [2.24, 2.45) is 5.73 Å². The lowest BCUT2D eigenvalue weighted by Crippen LogP contribution is -2.33. The minimum Gasteiger partial charge on any atom is -0.468 e. The van der Waals surface area contributed by atoms with Crippen molar-refractivity contribution >= 4 is 40.9 Å². The lowest BCUT2D eigenvalue weighted by atomic mass is 10.4. The normalized spacial score (nSPS) is 12.2. The molecule has 17 heavy (non-hydrogen) atoms. The first kappa shape index (κ1) is 14.6. The van der Waals surface area contributed by atoms with Crippen LogP contribution in [0.4, 0.5) is 0 Å². The molecule has 94 valence electrons. The molecular formula is C10H12Cl2N2O2S. The number of aromatic nitrogens is 1. The SMILES string of the molecule is COC(=O)C(N)CSCc1nc(Cl)ccc1Cl. The number of nitrogens with zero attached hydrogens (tertiary/aromatic N) is 1. The summed E-state index contributed by atoms with van der Waals surface area (Å²) in [5.74, 6) is 0.559. The first-order chi connectivity index (χ1) is 8.04. The summed E-state index contributed by atoms with van der Waals surface area (Å²) in [5, 5.41) is 0.941. The summed E-state index contributed by atoms with van der Waals surface area (Å²) in [7, 11) is 1.31. The molecule has 0 aliphatic heterocycles. The van der Waals surface area contributed by atoms with E-state index in [4.69, 9.17) is 28.9 Å². The van der Waals surface area contributed by atoms with Gasteiger partial charge in [0.15, 0.2) is 0 Å². The van der Waals surface area contributed by atoms with Crippen LogP contribution in [0.25, 0.3) is 0 Å². The molecule has 0 bridgehead atoms. The quantitative estimate of drug-likeness (QED) is 0.666. The monoisotopic (exact) mass is 294 g/mol. The molecule has 0 aromatic carbocycles. The maximum absolute atomic E-state index is 11.1. The third-order valence-electron chi connectivity index (χ3n) is 1.92. The molecule has 0 spiro atoms. The maximum Gasteiger partial charge on any atom is 0.323 e. The van der Waals surface area contributed by atoms with Crippen LogP contribution >= 0.6 is 35.0 Å². The van der Waals surface area contributed by atoms with Gasteiger partial charge in [-0.15, -0.1) is 0 Å². The Bertz CT molecular complexity index is 404. The number of ether oxygens (including phenoxy) is 1. The summed E-state index contributed by atoms with van der Waals surface area (Å²) >= 11 is 13.1. The van der Waals surface area contributed by atoms with Crippen molar-refractivity contribution in [1.29, 1.82) is 0 Å². The number of esters is 1. The molecule has 1 aromatic rings. The van der Waals surface area contributed by atoms with Gasteiger partial charge in [-0.05, 0) is 12.1 Å². The maximum atomic E-state index is 11.1. The van der Waals surface area contributed by atoms with Crippen molar-refractivity contribution in [1.82, 2.24) is 4.98 Å². The molecule has 0 radical (unpaired) electrons. The van der Waals surface area contributed by atoms with E-state index in [1.807, 2.05) is 0 Å². The van der Waals surface area contributed by atoms with E-state index in [0.29, 0.717) is 27.4 Å². The number of methoxy groups -OCH3 is 1. The van der Waals surface area contributed by atoms with E-state index >= 15 is 0 Å². The topological polar surface area (TPSA) is 65.2 Å². The van der Waals surface area contributed by atoms with Crippen molar-refractivity contribution in [2.45, 2.75) is 11.8 Å². The highest BCUT2D eigenvalue weighted by atomic mass is 35.5. The Labute approximate surface area is 114 Å². The molecule has 0 aliphatic carbocycles. The molecule has 0 fully saturated rings. The number of hydrogen-bond donors (Lipinski definition) is 1. The van der Waals surface area contributed by atoms with Gasteiger partial charge >= 0.3 is 5.97 Å². The Morgan fingerprint density at radius 1 is 1.59 bits per heavy atom. The van der Waals surface area contributed by atoms with E-state index < -0.39 is 12.0 Å². The average molecular weight is 295 g/mol. The Morgan fingerprint density at radius 2 is 2.29 bits per heavy atom. The second-order valence-electron chi connectivity index (χ2n) is 3.21. The van der Waals surface area contributed by atoms with Gasteiger partial charge in [0.25, 0.3) is 0 Å². The summed E-state index contributed by atoms with van der Waals surface area (Å²) < 4.78 is 4.52. The molecule has 4 nitrogen and oxygen atoms in total. The first-order valence-corrected chi connectivity index (χ1v) is 6.67. The zero-order valence-corrected chi connectivity index (χ0v) is 11.5. The average Bonchev–Trinajstić information content (AvgIpc) is 2.32. The predicted octanol–water partition coefficient (Wildman–Crippen LogP) is 2.12. The summed E-state index contributed by atoms with van der Waals surface area (Å²) in [6, 6.07) is 2.67. The van der Waals surface area contributed by atoms with Gasteiger partial charge < -0.3 is 10.5 Å². The number of nitrogens with two attached hydrogens (primary N) is 1. The van der Waals surface area contributed by atoms with Gasteiger partial charge in [-0.3, -0.25) is 4.79 Å². The molecule has 0 amide bonds. The highest BCUT2D eigenvalue weighted by Crippen LogP contribution is 2.21. The smallest absolute Gasteiger partial charge is 0.323 e. The Kier molecular flexibility index (Phi) is 6.05. The van der Waals surface area contributed by atoms with E-state index in [9.17, 15) is 4.79 Å². The third-order valence-corrected chi connectivity index (χ3v) is 3.55. The lowest BCUT2D eigenvalue weighted by molar-refractivity contribution is -0.141. The van der Waals surface area contributed by atoms with Crippen LogP contribution in [0.3, 0.4) is 0 Å². The van der Waals surface area contributed by atoms with E-state index in [1.54, 1.807) is 12.1 Å². The van der Waals surface area contributed by atoms with Gasteiger partial charge in [0, 0.05) is 11.5 Å². The largest absolute Gasteiger partial charge is 0.468 e. The standard InChI is InChI=1S/C10H12Cl2N2O2S/c1-16-10(15)7(13)4-17-5-8-6(11)2-3-9(12)14-8/h2-3,7H,4-5,13H2,1H3. The van der Waals surface area contributed by atoms with Gasteiger partial charge in [0.1, 0.15) is 11.2 Å². The first-order valence-electron chi connectivity index (χ1n) is 4.76. The van der Waals surface area contributed by atoms with Crippen molar-refractivity contribution in [3.63, 3.8) is 0 Å². The number of rotatable bonds is 5. The van der Waals surface area contributed by atoms with E-state index in [1.165, 1.54) is 18.9 Å². The molecule has 1 aromatic heterocycles. The molecule has 2 N–H and O–H groups in total. The fourth-order valence-corrected chi connectivity index (χ4v) is 2.40. The van der Waals surface area contributed by atoms with Gasteiger partial charge in [-0.1, -0.05) is 23.2 Å². The minimum absolute atomic E-state index is 0.391. The van der Waals surface area contributed by atoms with Crippen LogP contribution in [-0.4, -0.2) is 29.9 Å². The summed E-state index contributed by atoms with van der Waals surface area (Å²) in [6.45, 7) is 0. The number of carbonyl (C=O) groups is 1. The number of halogens is 2. The lowest BCUT2D eigenvalue weighted by Gasteiger charge is -2.09. The van der Waals surface area contributed by atoms with Crippen LogP contribution in [0, 0.1) is 0 Å². The number of hydrogen-bond acceptors (Lipinski definition) is 5. The molecular weight excluding hydrogens is 283 g/mol. The van der Waals surface area contributed by atoms with Gasteiger partial charge in [-0.25, -0.2) is 4.98 Å². The van der Waals surface area contributed by atoms with Gasteiger partial charge in [0.05, 0.1) is 17.8 Å². The Hall–Kier alpha value is -0.490. The predicted molar refractivity (Wildman–Crippen MR) is 70.4 cm³/mol. The molecule has 1 rings (SSSR count). The van der Waals surface area contributed by atoms with Crippen molar-refractivity contribution in [2.75, 3.05) is 12.9 Å². The number of thioether (sulfide) groups is 1. The molecule has 1 unspecified atom stereocenters. The van der Waals surface area contributed by atoms with Crippen LogP contribution in [0.5, 0.6) is 0 Å². The Balaban J connectivity index is 2.45. The Morgan fingerprint density at radius 3 is 2.94 bits per heavy atom.